The molecule has 2 heteroatoms. The van der Waals surface area contributed by atoms with Gasteiger partial charge in [-0.05, 0) is 34.6 Å². The molecule has 2 rings (SSSR count). The molecule has 2 aromatic carbocycles. The van der Waals surface area contributed by atoms with E-state index in [4.69, 9.17) is 0 Å². The highest BCUT2D eigenvalue weighted by molar-refractivity contribution is 6.00. The van der Waals surface area contributed by atoms with Gasteiger partial charge in [0.1, 0.15) is 0 Å². The van der Waals surface area contributed by atoms with Crippen LogP contribution in [0.15, 0.2) is 48.5 Å². The molecule has 0 aromatic heterocycles. The van der Waals surface area contributed by atoms with Gasteiger partial charge in [-0.3, -0.25) is 4.79 Å². The molecular formula is C20H25NO. The van der Waals surface area contributed by atoms with Crippen LogP contribution in [-0.4, -0.2) is 24.9 Å². The average molecular weight is 295 g/mol. The molecule has 2 nitrogen and oxygen atoms in total. The van der Waals surface area contributed by atoms with Crippen LogP contribution in [0.5, 0.6) is 0 Å². The number of hydrogen-bond acceptors (Lipinski definition) is 1. The molecule has 0 aliphatic heterocycles. The molecule has 1 amide bonds. The summed E-state index contributed by atoms with van der Waals surface area (Å²) in [7, 11) is 3.57. The lowest BCUT2D eigenvalue weighted by atomic mass is 9.87. The fourth-order valence-corrected chi connectivity index (χ4v) is 2.58. The summed E-state index contributed by atoms with van der Waals surface area (Å²) in [6.07, 6.45) is 1.05. The van der Waals surface area contributed by atoms with E-state index in [-0.39, 0.29) is 11.3 Å². The number of carbonyl (C=O) groups is 1. The minimum absolute atomic E-state index is 0.0365. The van der Waals surface area contributed by atoms with E-state index in [1.54, 1.807) is 19.0 Å². The minimum Gasteiger partial charge on any atom is -0.345 e. The lowest BCUT2D eigenvalue weighted by Crippen LogP contribution is -2.22. The minimum atomic E-state index is 0.0365. The maximum absolute atomic E-state index is 12.3. The van der Waals surface area contributed by atoms with Gasteiger partial charge in [0, 0.05) is 19.7 Å². The van der Waals surface area contributed by atoms with Gasteiger partial charge in [-0.15, -0.1) is 0 Å². The first-order valence-electron chi connectivity index (χ1n) is 7.68. The Morgan fingerprint density at radius 3 is 2.09 bits per heavy atom. The van der Waals surface area contributed by atoms with Gasteiger partial charge in [0.15, 0.2) is 0 Å². The van der Waals surface area contributed by atoms with Crippen LogP contribution >= 0.6 is 0 Å². The Bertz CT molecular complexity index is 648. The van der Waals surface area contributed by atoms with Crippen LogP contribution in [-0.2, 0) is 6.42 Å². The normalized spacial score (nSPS) is 11.3. The first-order chi connectivity index (χ1) is 10.3. The standard InChI is InChI=1S/C20H25NO/c1-20(2,3)14-15-10-12-16(13-11-15)17-8-6-7-9-18(17)19(22)21(4)5/h6-13H,14H2,1-5H3. The molecule has 0 radical (unpaired) electrons. The molecule has 116 valence electrons. The number of amides is 1. The summed E-state index contributed by atoms with van der Waals surface area (Å²) in [6.45, 7) is 6.73. The quantitative estimate of drug-likeness (QED) is 0.807. The van der Waals surface area contributed by atoms with Crippen LogP contribution in [0.4, 0.5) is 0 Å². The Balaban J connectivity index is 2.35. The van der Waals surface area contributed by atoms with Crippen molar-refractivity contribution in [3.05, 3.63) is 59.7 Å². The van der Waals surface area contributed by atoms with Crippen LogP contribution in [0.2, 0.25) is 0 Å². The van der Waals surface area contributed by atoms with Gasteiger partial charge in [-0.1, -0.05) is 63.2 Å². The van der Waals surface area contributed by atoms with Gasteiger partial charge >= 0.3 is 0 Å². The van der Waals surface area contributed by atoms with Gasteiger partial charge in [0.2, 0.25) is 0 Å². The number of rotatable bonds is 3. The molecule has 0 atom stereocenters. The summed E-state index contributed by atoms with van der Waals surface area (Å²) in [4.78, 5) is 13.9. The van der Waals surface area contributed by atoms with Crippen LogP contribution < -0.4 is 0 Å². The van der Waals surface area contributed by atoms with E-state index in [2.05, 4.69) is 45.0 Å². The number of benzene rings is 2. The average Bonchev–Trinajstić information content (AvgIpc) is 2.45. The van der Waals surface area contributed by atoms with Crippen LogP contribution in [0.25, 0.3) is 11.1 Å². The molecule has 0 bridgehead atoms. The zero-order valence-electron chi connectivity index (χ0n) is 14.2. The van der Waals surface area contributed by atoms with E-state index in [0.717, 1.165) is 23.1 Å². The Morgan fingerprint density at radius 1 is 0.955 bits per heavy atom. The van der Waals surface area contributed by atoms with Crippen molar-refractivity contribution in [2.24, 2.45) is 5.41 Å². The maximum atomic E-state index is 12.3. The monoisotopic (exact) mass is 295 g/mol. The third-order valence-corrected chi connectivity index (χ3v) is 3.56. The summed E-state index contributed by atoms with van der Waals surface area (Å²) in [5.41, 5.74) is 4.43. The molecule has 0 aliphatic rings. The van der Waals surface area contributed by atoms with Gasteiger partial charge in [-0.2, -0.15) is 0 Å². The summed E-state index contributed by atoms with van der Waals surface area (Å²) < 4.78 is 0. The highest BCUT2D eigenvalue weighted by Crippen LogP contribution is 2.27. The Kier molecular flexibility index (Phi) is 4.70. The topological polar surface area (TPSA) is 20.3 Å². The SMILES string of the molecule is CN(C)C(=O)c1ccccc1-c1ccc(CC(C)(C)C)cc1. The summed E-state index contributed by atoms with van der Waals surface area (Å²) >= 11 is 0. The zero-order chi connectivity index (χ0) is 16.3. The molecular weight excluding hydrogens is 270 g/mol. The second-order valence-corrected chi connectivity index (χ2v) is 7.18. The van der Waals surface area contributed by atoms with Crippen molar-refractivity contribution in [3.8, 4) is 11.1 Å². The smallest absolute Gasteiger partial charge is 0.253 e. The fourth-order valence-electron chi connectivity index (χ4n) is 2.58. The van der Waals surface area contributed by atoms with Crippen molar-refractivity contribution in [3.63, 3.8) is 0 Å². The van der Waals surface area contributed by atoms with Crippen molar-refractivity contribution < 1.29 is 4.79 Å². The molecule has 2 aromatic rings. The van der Waals surface area contributed by atoms with E-state index >= 15 is 0 Å². The molecule has 0 saturated heterocycles. The van der Waals surface area contributed by atoms with Crippen molar-refractivity contribution in [1.82, 2.24) is 4.90 Å². The molecule has 0 saturated carbocycles. The maximum Gasteiger partial charge on any atom is 0.253 e. The Labute approximate surface area is 133 Å². The highest BCUT2D eigenvalue weighted by atomic mass is 16.2. The molecule has 0 aliphatic carbocycles. The molecule has 0 unspecified atom stereocenters. The van der Waals surface area contributed by atoms with Crippen molar-refractivity contribution >= 4 is 5.91 Å². The molecule has 22 heavy (non-hydrogen) atoms. The molecule has 0 heterocycles. The van der Waals surface area contributed by atoms with E-state index in [1.165, 1.54) is 5.56 Å². The summed E-state index contributed by atoms with van der Waals surface area (Å²) in [5.74, 6) is 0.0365. The molecule has 0 spiro atoms. The third-order valence-electron chi connectivity index (χ3n) is 3.56. The second kappa shape index (κ2) is 6.35. The van der Waals surface area contributed by atoms with E-state index in [0.29, 0.717) is 0 Å². The van der Waals surface area contributed by atoms with Crippen LogP contribution in [0, 0.1) is 5.41 Å². The number of hydrogen-bond donors (Lipinski definition) is 0. The van der Waals surface area contributed by atoms with Gasteiger partial charge < -0.3 is 4.90 Å². The Hall–Kier alpha value is -2.09. The van der Waals surface area contributed by atoms with Gasteiger partial charge in [0.05, 0.1) is 0 Å². The van der Waals surface area contributed by atoms with Crippen molar-refractivity contribution in [2.75, 3.05) is 14.1 Å². The van der Waals surface area contributed by atoms with Crippen LogP contribution in [0.3, 0.4) is 0 Å². The van der Waals surface area contributed by atoms with E-state index in [9.17, 15) is 4.79 Å². The van der Waals surface area contributed by atoms with Crippen LogP contribution in [0.1, 0.15) is 36.7 Å². The largest absolute Gasteiger partial charge is 0.345 e. The predicted octanol–water partition coefficient (Wildman–Crippen LogP) is 4.64. The van der Waals surface area contributed by atoms with E-state index in [1.807, 2.05) is 24.3 Å². The predicted molar refractivity (Wildman–Crippen MR) is 93.1 cm³/mol. The Morgan fingerprint density at radius 2 is 1.55 bits per heavy atom. The first kappa shape index (κ1) is 16.3. The summed E-state index contributed by atoms with van der Waals surface area (Å²) in [5, 5.41) is 0. The third kappa shape index (κ3) is 3.97. The first-order valence-corrected chi connectivity index (χ1v) is 7.68. The number of carbonyl (C=O) groups excluding carboxylic acids is 1. The zero-order valence-corrected chi connectivity index (χ0v) is 14.2. The van der Waals surface area contributed by atoms with Gasteiger partial charge in [0.25, 0.3) is 5.91 Å². The van der Waals surface area contributed by atoms with E-state index < -0.39 is 0 Å². The lowest BCUT2D eigenvalue weighted by Gasteiger charge is -2.18. The highest BCUT2D eigenvalue weighted by Gasteiger charge is 2.15. The fraction of sp³-hybridized carbons (Fsp3) is 0.350. The molecule has 0 N–H and O–H groups in total. The molecule has 0 fully saturated rings. The second-order valence-electron chi connectivity index (χ2n) is 7.18. The number of nitrogens with zero attached hydrogens (tertiary/aromatic N) is 1. The summed E-state index contributed by atoms with van der Waals surface area (Å²) in [6, 6.07) is 16.3. The van der Waals surface area contributed by atoms with Crippen molar-refractivity contribution in [2.45, 2.75) is 27.2 Å². The van der Waals surface area contributed by atoms with Gasteiger partial charge in [-0.25, -0.2) is 0 Å². The van der Waals surface area contributed by atoms with Crippen molar-refractivity contribution in [1.29, 1.82) is 0 Å². The lowest BCUT2D eigenvalue weighted by molar-refractivity contribution is 0.0828.